The fourth-order valence-electron chi connectivity index (χ4n) is 3.54. The summed E-state index contributed by atoms with van der Waals surface area (Å²) >= 11 is 0. The largest absolute Gasteiger partial charge is 0.375 e. The van der Waals surface area contributed by atoms with Crippen molar-refractivity contribution in [1.29, 1.82) is 0 Å². The zero-order valence-electron chi connectivity index (χ0n) is 15.5. The Morgan fingerprint density at radius 1 is 1.25 bits per heavy atom. The van der Waals surface area contributed by atoms with Crippen molar-refractivity contribution in [3.8, 4) is 0 Å². The van der Waals surface area contributed by atoms with E-state index in [0.717, 1.165) is 44.6 Å². The molecule has 0 spiro atoms. The summed E-state index contributed by atoms with van der Waals surface area (Å²) in [6.45, 7) is 7.91. The minimum Gasteiger partial charge on any atom is -0.375 e. The molecule has 0 aromatic rings. The zero-order valence-corrected chi connectivity index (χ0v) is 15.5. The molecule has 0 bridgehead atoms. The molecule has 2 amide bonds. The second-order valence-corrected chi connectivity index (χ2v) is 7.60. The first-order valence-corrected chi connectivity index (χ1v) is 9.73. The summed E-state index contributed by atoms with van der Waals surface area (Å²) < 4.78 is 5.81. The van der Waals surface area contributed by atoms with Crippen molar-refractivity contribution in [2.45, 2.75) is 71.3 Å². The Bertz CT molecular complexity index is 411. The number of morpholine rings is 1. The molecule has 1 atom stereocenters. The van der Waals surface area contributed by atoms with E-state index in [1.165, 1.54) is 6.42 Å². The monoisotopic (exact) mass is 338 g/mol. The molecule has 0 aliphatic carbocycles. The number of carbonyl (C=O) groups is 2. The van der Waals surface area contributed by atoms with Crippen LogP contribution in [0.3, 0.4) is 0 Å². The van der Waals surface area contributed by atoms with Crippen molar-refractivity contribution in [1.82, 2.24) is 9.80 Å². The zero-order chi connectivity index (χ0) is 17.4. The van der Waals surface area contributed by atoms with Gasteiger partial charge in [-0.05, 0) is 25.2 Å². The van der Waals surface area contributed by atoms with Gasteiger partial charge in [-0.2, -0.15) is 0 Å². The van der Waals surface area contributed by atoms with Gasteiger partial charge in [-0.1, -0.05) is 33.1 Å². The summed E-state index contributed by atoms with van der Waals surface area (Å²) in [4.78, 5) is 28.3. The van der Waals surface area contributed by atoms with Crippen molar-refractivity contribution in [3.63, 3.8) is 0 Å². The van der Waals surface area contributed by atoms with E-state index < -0.39 is 0 Å². The predicted octanol–water partition coefficient (Wildman–Crippen LogP) is 2.83. The maximum absolute atomic E-state index is 12.5. The van der Waals surface area contributed by atoms with Crippen LogP contribution in [0.15, 0.2) is 0 Å². The van der Waals surface area contributed by atoms with E-state index in [0.29, 0.717) is 39.1 Å². The molecular formula is C19H34N2O3. The third kappa shape index (κ3) is 6.42. The summed E-state index contributed by atoms with van der Waals surface area (Å²) in [7, 11) is 0. The highest BCUT2D eigenvalue weighted by molar-refractivity contribution is 5.79. The van der Waals surface area contributed by atoms with E-state index in [1.807, 2.05) is 9.80 Å². The van der Waals surface area contributed by atoms with E-state index in [4.69, 9.17) is 4.74 Å². The third-order valence-electron chi connectivity index (χ3n) is 5.07. The highest BCUT2D eigenvalue weighted by atomic mass is 16.5. The molecule has 0 saturated carbocycles. The summed E-state index contributed by atoms with van der Waals surface area (Å²) in [5.74, 6) is 1.11. The van der Waals surface area contributed by atoms with Crippen LogP contribution < -0.4 is 0 Å². The SMILES string of the molecule is CC(C)CCC[C@H]1CN(C(=O)CCN2CCCCCC2=O)CCO1. The Hall–Kier alpha value is -1.10. The van der Waals surface area contributed by atoms with Gasteiger partial charge in [0, 0.05) is 39.0 Å². The normalized spacial score (nSPS) is 22.8. The summed E-state index contributed by atoms with van der Waals surface area (Å²) in [5, 5.41) is 0. The van der Waals surface area contributed by atoms with Gasteiger partial charge in [-0.25, -0.2) is 0 Å². The molecule has 24 heavy (non-hydrogen) atoms. The van der Waals surface area contributed by atoms with E-state index in [-0.39, 0.29) is 17.9 Å². The predicted molar refractivity (Wildman–Crippen MR) is 94.7 cm³/mol. The van der Waals surface area contributed by atoms with Crippen molar-refractivity contribution in [3.05, 3.63) is 0 Å². The van der Waals surface area contributed by atoms with Gasteiger partial charge in [0.15, 0.2) is 0 Å². The molecule has 0 aromatic carbocycles. The Morgan fingerprint density at radius 2 is 2.08 bits per heavy atom. The first-order chi connectivity index (χ1) is 11.6. The summed E-state index contributed by atoms with van der Waals surface area (Å²) in [5.41, 5.74) is 0. The molecule has 0 unspecified atom stereocenters. The Kier molecular flexibility index (Phi) is 8.03. The van der Waals surface area contributed by atoms with Crippen LogP contribution in [-0.4, -0.2) is 60.5 Å². The van der Waals surface area contributed by atoms with E-state index in [9.17, 15) is 9.59 Å². The first-order valence-electron chi connectivity index (χ1n) is 9.73. The number of amides is 2. The molecular weight excluding hydrogens is 304 g/mol. The van der Waals surface area contributed by atoms with Crippen molar-refractivity contribution >= 4 is 11.8 Å². The van der Waals surface area contributed by atoms with Gasteiger partial charge in [0.25, 0.3) is 0 Å². The van der Waals surface area contributed by atoms with Crippen LogP contribution in [0.25, 0.3) is 0 Å². The van der Waals surface area contributed by atoms with Crippen LogP contribution in [0.2, 0.25) is 0 Å². The smallest absolute Gasteiger partial charge is 0.224 e. The molecule has 2 aliphatic rings. The van der Waals surface area contributed by atoms with Crippen LogP contribution in [0.4, 0.5) is 0 Å². The summed E-state index contributed by atoms with van der Waals surface area (Å²) in [6.07, 6.45) is 7.86. The lowest BCUT2D eigenvalue weighted by atomic mass is 10.0. The molecule has 138 valence electrons. The molecule has 0 aromatic heterocycles. The Morgan fingerprint density at radius 3 is 2.88 bits per heavy atom. The molecule has 2 saturated heterocycles. The van der Waals surface area contributed by atoms with Gasteiger partial charge in [-0.3, -0.25) is 9.59 Å². The minimum absolute atomic E-state index is 0.171. The molecule has 2 heterocycles. The van der Waals surface area contributed by atoms with Crippen LogP contribution in [0, 0.1) is 5.92 Å². The Balaban J connectivity index is 1.71. The molecule has 5 nitrogen and oxygen atoms in total. The van der Waals surface area contributed by atoms with Crippen LogP contribution >= 0.6 is 0 Å². The molecule has 2 fully saturated rings. The second-order valence-electron chi connectivity index (χ2n) is 7.60. The van der Waals surface area contributed by atoms with Gasteiger partial charge in [0.2, 0.25) is 11.8 Å². The fraction of sp³-hybridized carbons (Fsp3) is 0.895. The third-order valence-corrected chi connectivity index (χ3v) is 5.07. The maximum atomic E-state index is 12.5. The number of hydrogen-bond donors (Lipinski definition) is 0. The maximum Gasteiger partial charge on any atom is 0.224 e. The first kappa shape index (κ1) is 19.2. The standard InChI is InChI=1S/C19H34N2O3/c1-16(2)7-6-8-17-15-21(13-14-24-17)19(23)10-12-20-11-5-3-4-9-18(20)22/h16-17H,3-15H2,1-2H3/t17-/m0/s1. The van der Waals surface area contributed by atoms with Crippen molar-refractivity contribution in [2.75, 3.05) is 32.8 Å². The van der Waals surface area contributed by atoms with Crippen molar-refractivity contribution in [2.24, 2.45) is 5.92 Å². The number of carbonyl (C=O) groups excluding carboxylic acids is 2. The lowest BCUT2D eigenvalue weighted by Crippen LogP contribution is -2.46. The molecule has 2 aliphatic heterocycles. The highest BCUT2D eigenvalue weighted by Crippen LogP contribution is 2.16. The highest BCUT2D eigenvalue weighted by Gasteiger charge is 2.25. The summed E-state index contributed by atoms with van der Waals surface area (Å²) in [6, 6.07) is 0. The van der Waals surface area contributed by atoms with E-state index in [2.05, 4.69) is 13.8 Å². The molecule has 2 rings (SSSR count). The topological polar surface area (TPSA) is 49.9 Å². The molecule has 5 heteroatoms. The minimum atomic E-state index is 0.171. The quantitative estimate of drug-likeness (QED) is 0.717. The van der Waals surface area contributed by atoms with Crippen LogP contribution in [-0.2, 0) is 14.3 Å². The van der Waals surface area contributed by atoms with Gasteiger partial charge < -0.3 is 14.5 Å². The van der Waals surface area contributed by atoms with Crippen LogP contribution in [0.5, 0.6) is 0 Å². The number of ether oxygens (including phenoxy) is 1. The van der Waals surface area contributed by atoms with Gasteiger partial charge >= 0.3 is 0 Å². The van der Waals surface area contributed by atoms with Gasteiger partial charge in [-0.15, -0.1) is 0 Å². The lowest BCUT2D eigenvalue weighted by molar-refractivity contribution is -0.140. The number of nitrogens with zero attached hydrogens (tertiary/aromatic N) is 2. The van der Waals surface area contributed by atoms with Gasteiger partial charge in [0.1, 0.15) is 0 Å². The average Bonchev–Trinajstić information content (AvgIpc) is 2.77. The second kappa shape index (κ2) is 10.0. The van der Waals surface area contributed by atoms with Gasteiger partial charge in [0.05, 0.1) is 12.7 Å². The number of likely N-dealkylation sites (tertiary alicyclic amines) is 1. The number of hydrogen-bond acceptors (Lipinski definition) is 3. The van der Waals surface area contributed by atoms with E-state index in [1.54, 1.807) is 0 Å². The average molecular weight is 338 g/mol. The molecule has 0 radical (unpaired) electrons. The van der Waals surface area contributed by atoms with Crippen LogP contribution in [0.1, 0.15) is 65.2 Å². The van der Waals surface area contributed by atoms with E-state index >= 15 is 0 Å². The molecule has 0 N–H and O–H groups in total. The van der Waals surface area contributed by atoms with Crippen molar-refractivity contribution < 1.29 is 14.3 Å². The fourth-order valence-corrected chi connectivity index (χ4v) is 3.54. The number of rotatable bonds is 7. The lowest BCUT2D eigenvalue weighted by Gasteiger charge is -2.33. The Labute approximate surface area is 146 Å².